The number of nitrogens with zero attached hydrogens (tertiary/aromatic N) is 1. The number of carbonyl (C=O) groups excluding carboxylic acids is 1. The first-order valence-corrected chi connectivity index (χ1v) is 12.3. The Hall–Kier alpha value is -1.83. The van der Waals surface area contributed by atoms with Crippen LogP contribution in [0.2, 0.25) is 0 Å². The van der Waals surface area contributed by atoms with E-state index in [-0.39, 0.29) is 10.8 Å². The molecule has 1 N–H and O–H groups in total. The second-order valence-corrected chi connectivity index (χ2v) is 11.1. The highest BCUT2D eigenvalue weighted by atomic mass is 32.2. The number of rotatable bonds is 6. The normalized spacial score (nSPS) is 15.4. The van der Waals surface area contributed by atoms with E-state index in [1.807, 2.05) is 18.2 Å². The fourth-order valence-electron chi connectivity index (χ4n) is 3.41. The number of carbonyl (C=O) groups is 1. The van der Waals surface area contributed by atoms with Crippen molar-refractivity contribution in [1.29, 1.82) is 0 Å². The Kier molecular flexibility index (Phi) is 7.03. The summed E-state index contributed by atoms with van der Waals surface area (Å²) in [4.78, 5) is 14.1. The summed E-state index contributed by atoms with van der Waals surface area (Å²) in [6.07, 6.45) is 2.84. The lowest BCUT2D eigenvalue weighted by Gasteiger charge is -2.26. The van der Waals surface area contributed by atoms with E-state index in [4.69, 9.17) is 0 Å². The molecule has 0 aromatic heterocycles. The Balaban J connectivity index is 1.86. The molecule has 1 fully saturated rings. The molecule has 0 saturated carbocycles. The number of amides is 1. The number of benzene rings is 2. The third-order valence-electron chi connectivity index (χ3n) is 4.87. The van der Waals surface area contributed by atoms with Gasteiger partial charge in [-0.15, -0.1) is 11.8 Å². The highest BCUT2D eigenvalue weighted by molar-refractivity contribution is 8.00. The Morgan fingerprint density at radius 3 is 2.45 bits per heavy atom. The van der Waals surface area contributed by atoms with E-state index in [1.165, 1.54) is 0 Å². The van der Waals surface area contributed by atoms with Crippen LogP contribution in [0.3, 0.4) is 0 Å². The van der Waals surface area contributed by atoms with Crippen LogP contribution < -0.4 is 5.32 Å². The van der Waals surface area contributed by atoms with Crippen LogP contribution in [0.4, 0.5) is 5.69 Å². The van der Waals surface area contributed by atoms with E-state index >= 15 is 0 Å². The lowest BCUT2D eigenvalue weighted by Crippen LogP contribution is -2.36. The average molecular weight is 433 g/mol. The summed E-state index contributed by atoms with van der Waals surface area (Å²) in [6, 6.07) is 12.6. The SMILES string of the molecule is Cc1ccc(NC(=O)c2ccccc2SC(C)C)cc1S(=O)(=O)N1CCCCC1. The molecule has 1 amide bonds. The van der Waals surface area contributed by atoms with Crippen LogP contribution in [-0.2, 0) is 10.0 Å². The molecule has 1 aliphatic heterocycles. The molecule has 156 valence electrons. The number of sulfonamides is 1. The minimum Gasteiger partial charge on any atom is -0.322 e. The molecule has 0 bridgehead atoms. The van der Waals surface area contributed by atoms with Gasteiger partial charge in [0.2, 0.25) is 10.0 Å². The molecule has 1 aliphatic rings. The quantitative estimate of drug-likeness (QED) is 0.658. The second kappa shape index (κ2) is 9.32. The third kappa shape index (κ3) is 5.21. The molecule has 2 aromatic rings. The summed E-state index contributed by atoms with van der Waals surface area (Å²) in [5.74, 6) is -0.237. The van der Waals surface area contributed by atoms with Gasteiger partial charge in [-0.1, -0.05) is 38.5 Å². The monoisotopic (exact) mass is 432 g/mol. The maximum atomic E-state index is 13.1. The number of piperidine rings is 1. The van der Waals surface area contributed by atoms with Crippen molar-refractivity contribution in [3.05, 3.63) is 53.6 Å². The van der Waals surface area contributed by atoms with Gasteiger partial charge >= 0.3 is 0 Å². The fourth-order valence-corrected chi connectivity index (χ4v) is 6.13. The van der Waals surface area contributed by atoms with E-state index in [9.17, 15) is 13.2 Å². The van der Waals surface area contributed by atoms with Gasteiger partial charge in [-0.3, -0.25) is 4.79 Å². The van der Waals surface area contributed by atoms with Crippen LogP contribution in [0.15, 0.2) is 52.3 Å². The van der Waals surface area contributed by atoms with Crippen molar-refractivity contribution in [1.82, 2.24) is 4.31 Å². The minimum absolute atomic E-state index is 0.237. The van der Waals surface area contributed by atoms with Crippen molar-refractivity contribution in [2.24, 2.45) is 0 Å². The molecule has 2 aromatic carbocycles. The van der Waals surface area contributed by atoms with Crippen LogP contribution in [0.1, 0.15) is 49.0 Å². The van der Waals surface area contributed by atoms with Gasteiger partial charge in [0.05, 0.1) is 10.5 Å². The highest BCUT2D eigenvalue weighted by Gasteiger charge is 2.27. The van der Waals surface area contributed by atoms with Crippen molar-refractivity contribution in [3.63, 3.8) is 0 Å². The Morgan fingerprint density at radius 2 is 1.76 bits per heavy atom. The van der Waals surface area contributed by atoms with Crippen LogP contribution >= 0.6 is 11.8 Å². The summed E-state index contributed by atoms with van der Waals surface area (Å²) < 4.78 is 27.8. The van der Waals surface area contributed by atoms with E-state index in [2.05, 4.69) is 19.2 Å². The first-order chi connectivity index (χ1) is 13.8. The molecule has 0 atom stereocenters. The summed E-state index contributed by atoms with van der Waals surface area (Å²) >= 11 is 1.63. The van der Waals surface area contributed by atoms with Crippen LogP contribution in [0, 0.1) is 6.92 Å². The minimum atomic E-state index is -3.56. The molecule has 0 spiro atoms. The molecule has 29 heavy (non-hydrogen) atoms. The summed E-state index contributed by atoms with van der Waals surface area (Å²) in [7, 11) is -3.56. The van der Waals surface area contributed by atoms with Gasteiger partial charge in [-0.2, -0.15) is 4.31 Å². The van der Waals surface area contributed by atoms with Gasteiger partial charge in [0, 0.05) is 28.9 Å². The fraction of sp³-hybridized carbons (Fsp3) is 0.409. The Bertz CT molecular complexity index is 981. The van der Waals surface area contributed by atoms with Gasteiger partial charge in [-0.05, 0) is 49.6 Å². The van der Waals surface area contributed by atoms with Crippen molar-refractivity contribution < 1.29 is 13.2 Å². The summed E-state index contributed by atoms with van der Waals surface area (Å²) in [5, 5.41) is 3.23. The van der Waals surface area contributed by atoms with Crippen molar-refractivity contribution in [2.75, 3.05) is 18.4 Å². The van der Waals surface area contributed by atoms with Gasteiger partial charge in [0.15, 0.2) is 0 Å². The van der Waals surface area contributed by atoms with Crippen molar-refractivity contribution >= 4 is 33.4 Å². The van der Waals surface area contributed by atoms with Crippen molar-refractivity contribution in [3.8, 4) is 0 Å². The maximum Gasteiger partial charge on any atom is 0.256 e. The first-order valence-electron chi connectivity index (χ1n) is 9.97. The molecule has 1 saturated heterocycles. The second-order valence-electron chi connectivity index (χ2n) is 7.56. The number of hydrogen-bond donors (Lipinski definition) is 1. The number of anilines is 1. The van der Waals surface area contributed by atoms with Gasteiger partial charge < -0.3 is 5.32 Å². The number of hydrogen-bond acceptors (Lipinski definition) is 4. The molecule has 0 aliphatic carbocycles. The van der Waals surface area contributed by atoms with Crippen LogP contribution in [-0.4, -0.2) is 37.0 Å². The van der Waals surface area contributed by atoms with Crippen LogP contribution in [0.5, 0.6) is 0 Å². The van der Waals surface area contributed by atoms with Gasteiger partial charge in [0.25, 0.3) is 5.91 Å². The molecule has 5 nitrogen and oxygen atoms in total. The average Bonchev–Trinajstić information content (AvgIpc) is 2.70. The molecular formula is C22H28N2O3S2. The van der Waals surface area contributed by atoms with E-state index in [1.54, 1.807) is 47.3 Å². The predicted molar refractivity (Wildman–Crippen MR) is 119 cm³/mol. The first kappa shape index (κ1) is 21.9. The summed E-state index contributed by atoms with van der Waals surface area (Å²) in [5.41, 5.74) is 1.76. The number of aryl methyl sites for hydroxylation is 1. The smallest absolute Gasteiger partial charge is 0.256 e. The number of nitrogens with one attached hydrogen (secondary N) is 1. The zero-order valence-electron chi connectivity index (χ0n) is 17.1. The Morgan fingerprint density at radius 1 is 1.07 bits per heavy atom. The van der Waals surface area contributed by atoms with Crippen LogP contribution in [0.25, 0.3) is 0 Å². The van der Waals surface area contributed by atoms with E-state index < -0.39 is 10.0 Å². The molecular weight excluding hydrogens is 404 g/mol. The zero-order valence-corrected chi connectivity index (χ0v) is 18.8. The standard InChI is InChI=1S/C22H28N2O3S2/c1-16(2)28-20-10-6-5-9-19(20)22(25)23-18-12-11-17(3)21(15-18)29(26,27)24-13-7-4-8-14-24/h5-6,9-12,15-16H,4,7-8,13-14H2,1-3H3,(H,23,25). The van der Waals surface area contributed by atoms with Crippen molar-refractivity contribution in [2.45, 2.75) is 55.1 Å². The Labute approximate surface area is 177 Å². The van der Waals surface area contributed by atoms with Gasteiger partial charge in [0.1, 0.15) is 0 Å². The van der Waals surface area contributed by atoms with Gasteiger partial charge in [-0.25, -0.2) is 8.42 Å². The molecule has 1 heterocycles. The van der Waals surface area contributed by atoms with E-state index in [0.29, 0.717) is 35.2 Å². The molecule has 7 heteroatoms. The highest BCUT2D eigenvalue weighted by Crippen LogP contribution is 2.29. The lowest BCUT2D eigenvalue weighted by atomic mass is 10.2. The zero-order chi connectivity index (χ0) is 21.0. The lowest BCUT2D eigenvalue weighted by molar-refractivity contribution is 0.102. The topological polar surface area (TPSA) is 66.5 Å². The third-order valence-corrected chi connectivity index (χ3v) is 8.00. The maximum absolute atomic E-state index is 13.1. The molecule has 0 unspecified atom stereocenters. The molecule has 3 rings (SSSR count). The number of thioether (sulfide) groups is 1. The summed E-state index contributed by atoms with van der Waals surface area (Å²) in [6.45, 7) is 7.06. The predicted octanol–water partition coefficient (Wildman–Crippen LogP) is 4.92. The largest absolute Gasteiger partial charge is 0.322 e. The van der Waals surface area contributed by atoms with E-state index in [0.717, 1.165) is 24.2 Å². The molecule has 0 radical (unpaired) electrons.